The molecule has 0 N–H and O–H groups in total. The summed E-state index contributed by atoms with van der Waals surface area (Å²) in [4.78, 5) is 16.8. The number of hydrogen-bond acceptors (Lipinski definition) is 5. The van der Waals surface area contributed by atoms with Crippen LogP contribution >= 0.6 is 0 Å². The van der Waals surface area contributed by atoms with Crippen molar-refractivity contribution in [2.24, 2.45) is 0 Å². The van der Waals surface area contributed by atoms with Gasteiger partial charge in [-0.3, -0.25) is 4.79 Å². The average Bonchev–Trinajstić information content (AvgIpc) is 3.40. The molecule has 2 heterocycles. The van der Waals surface area contributed by atoms with Gasteiger partial charge >= 0.3 is 0 Å². The first kappa shape index (κ1) is 19.0. The molecule has 3 aromatic rings. The van der Waals surface area contributed by atoms with Gasteiger partial charge in [0.05, 0.1) is 31.6 Å². The molecule has 1 aromatic heterocycles. The summed E-state index contributed by atoms with van der Waals surface area (Å²) in [5, 5.41) is 8.93. The molecule has 7 nitrogen and oxygen atoms in total. The summed E-state index contributed by atoms with van der Waals surface area (Å²) in [5.41, 5.74) is 2.80. The van der Waals surface area contributed by atoms with E-state index in [1.165, 1.54) is 4.80 Å². The summed E-state index contributed by atoms with van der Waals surface area (Å²) in [6, 6.07) is 15.3. The maximum Gasteiger partial charge on any atom is 0.276 e. The van der Waals surface area contributed by atoms with Gasteiger partial charge in [-0.25, -0.2) is 0 Å². The predicted octanol–water partition coefficient (Wildman–Crippen LogP) is 3.57. The van der Waals surface area contributed by atoms with E-state index >= 15 is 0 Å². The Labute approximate surface area is 169 Å². The van der Waals surface area contributed by atoms with E-state index < -0.39 is 0 Å². The van der Waals surface area contributed by atoms with E-state index in [2.05, 4.69) is 10.2 Å². The highest BCUT2D eigenvalue weighted by molar-refractivity contribution is 5.93. The summed E-state index contributed by atoms with van der Waals surface area (Å²) in [6.45, 7) is 2.50. The van der Waals surface area contributed by atoms with Crippen molar-refractivity contribution in [3.63, 3.8) is 0 Å². The monoisotopic (exact) mass is 392 g/mol. The number of aromatic nitrogens is 3. The number of para-hydroxylation sites is 1. The van der Waals surface area contributed by atoms with Crippen molar-refractivity contribution in [2.75, 3.05) is 20.8 Å². The number of ether oxygens (including phenoxy) is 2. The number of hydrogen-bond donors (Lipinski definition) is 0. The van der Waals surface area contributed by atoms with E-state index in [4.69, 9.17) is 9.47 Å². The van der Waals surface area contributed by atoms with Crippen molar-refractivity contribution in [2.45, 2.75) is 25.8 Å². The molecular formula is C22H24N4O3. The van der Waals surface area contributed by atoms with Crippen LogP contribution in [0.15, 0.2) is 48.5 Å². The number of aryl methyl sites for hydroxylation is 1. The third kappa shape index (κ3) is 3.55. The van der Waals surface area contributed by atoms with E-state index in [0.29, 0.717) is 17.9 Å². The Morgan fingerprint density at radius 2 is 1.86 bits per heavy atom. The lowest BCUT2D eigenvalue weighted by Crippen LogP contribution is -2.31. The van der Waals surface area contributed by atoms with Crippen molar-refractivity contribution in [1.82, 2.24) is 19.9 Å². The van der Waals surface area contributed by atoms with Crippen LogP contribution in [-0.2, 0) is 0 Å². The van der Waals surface area contributed by atoms with Gasteiger partial charge in [-0.2, -0.15) is 9.90 Å². The number of benzene rings is 2. The summed E-state index contributed by atoms with van der Waals surface area (Å²) in [7, 11) is 3.26. The molecule has 0 aliphatic carbocycles. The maximum absolute atomic E-state index is 13.4. The summed E-state index contributed by atoms with van der Waals surface area (Å²) in [6.07, 6.45) is 1.80. The summed E-state index contributed by atoms with van der Waals surface area (Å²) in [5.74, 6) is 1.34. The van der Waals surface area contributed by atoms with Gasteiger partial charge in [-0.05, 0) is 44.0 Å². The highest BCUT2D eigenvalue weighted by Gasteiger charge is 2.34. The lowest BCUT2D eigenvalue weighted by atomic mass is 10.0. The van der Waals surface area contributed by atoms with Crippen LogP contribution in [-0.4, -0.2) is 46.6 Å². The molecule has 0 spiro atoms. The molecule has 1 aliphatic heterocycles. The first-order valence-electron chi connectivity index (χ1n) is 9.64. The van der Waals surface area contributed by atoms with Crippen LogP contribution in [0.2, 0.25) is 0 Å². The van der Waals surface area contributed by atoms with Gasteiger partial charge in [0.2, 0.25) is 0 Å². The Morgan fingerprint density at radius 3 is 2.59 bits per heavy atom. The lowest BCUT2D eigenvalue weighted by molar-refractivity contribution is 0.0727. The molecule has 1 unspecified atom stereocenters. The van der Waals surface area contributed by atoms with Crippen LogP contribution in [0.25, 0.3) is 5.69 Å². The van der Waals surface area contributed by atoms with E-state index in [0.717, 1.165) is 35.6 Å². The standard InChI is InChI=1S/C22H24N4O3/c1-15-21(24-26(23-15)16-8-5-4-6-9-16)22(27)25-13-7-10-19(25)18-12-11-17(28-2)14-20(18)29-3/h4-6,8-9,11-12,14,19H,7,10,13H2,1-3H3. The molecule has 2 aromatic carbocycles. The fourth-order valence-corrected chi connectivity index (χ4v) is 3.82. The highest BCUT2D eigenvalue weighted by Crippen LogP contribution is 2.39. The summed E-state index contributed by atoms with van der Waals surface area (Å²) >= 11 is 0. The molecule has 1 aliphatic rings. The Balaban J connectivity index is 1.65. The van der Waals surface area contributed by atoms with E-state index in [1.807, 2.05) is 60.4 Å². The third-order valence-corrected chi connectivity index (χ3v) is 5.29. The molecule has 7 heteroatoms. The molecule has 4 rings (SSSR count). The number of nitrogens with zero attached hydrogens (tertiary/aromatic N) is 4. The molecule has 150 valence electrons. The number of carbonyl (C=O) groups is 1. The predicted molar refractivity (Wildman–Crippen MR) is 109 cm³/mol. The first-order valence-corrected chi connectivity index (χ1v) is 9.64. The second-order valence-electron chi connectivity index (χ2n) is 7.02. The van der Waals surface area contributed by atoms with Gasteiger partial charge in [-0.1, -0.05) is 18.2 Å². The number of carbonyl (C=O) groups excluding carboxylic acids is 1. The van der Waals surface area contributed by atoms with Crippen molar-refractivity contribution in [3.05, 3.63) is 65.5 Å². The molecule has 1 atom stereocenters. The van der Waals surface area contributed by atoms with Gasteiger partial charge in [-0.15, -0.1) is 5.10 Å². The Kier molecular flexibility index (Phi) is 5.20. The second-order valence-corrected chi connectivity index (χ2v) is 7.02. The number of methoxy groups -OCH3 is 2. The van der Waals surface area contributed by atoms with Gasteiger partial charge < -0.3 is 14.4 Å². The molecule has 1 amide bonds. The van der Waals surface area contributed by atoms with Gasteiger partial charge in [0.1, 0.15) is 11.5 Å². The van der Waals surface area contributed by atoms with Crippen molar-refractivity contribution >= 4 is 5.91 Å². The molecule has 29 heavy (non-hydrogen) atoms. The minimum atomic E-state index is -0.106. The molecule has 0 radical (unpaired) electrons. The van der Waals surface area contributed by atoms with Crippen LogP contribution in [0, 0.1) is 6.92 Å². The quantitative estimate of drug-likeness (QED) is 0.664. The van der Waals surface area contributed by atoms with Crippen LogP contribution in [0.5, 0.6) is 11.5 Å². The fourth-order valence-electron chi connectivity index (χ4n) is 3.82. The van der Waals surface area contributed by atoms with Gasteiger partial charge in [0, 0.05) is 18.2 Å². The second kappa shape index (κ2) is 7.95. The fraction of sp³-hybridized carbons (Fsp3) is 0.318. The van der Waals surface area contributed by atoms with E-state index in [9.17, 15) is 4.79 Å². The first-order chi connectivity index (χ1) is 14.1. The number of amides is 1. The van der Waals surface area contributed by atoms with E-state index in [1.54, 1.807) is 14.2 Å². The third-order valence-electron chi connectivity index (χ3n) is 5.29. The summed E-state index contributed by atoms with van der Waals surface area (Å²) < 4.78 is 10.9. The van der Waals surface area contributed by atoms with E-state index in [-0.39, 0.29) is 11.9 Å². The van der Waals surface area contributed by atoms with Crippen molar-refractivity contribution in [3.8, 4) is 17.2 Å². The minimum Gasteiger partial charge on any atom is -0.497 e. The van der Waals surface area contributed by atoms with Crippen LogP contribution in [0.3, 0.4) is 0 Å². The van der Waals surface area contributed by atoms with Crippen molar-refractivity contribution < 1.29 is 14.3 Å². The Morgan fingerprint density at radius 1 is 1.07 bits per heavy atom. The zero-order valence-electron chi connectivity index (χ0n) is 16.8. The molecule has 0 bridgehead atoms. The van der Waals surface area contributed by atoms with Crippen LogP contribution in [0.1, 0.15) is 40.6 Å². The lowest BCUT2D eigenvalue weighted by Gasteiger charge is -2.26. The highest BCUT2D eigenvalue weighted by atomic mass is 16.5. The topological polar surface area (TPSA) is 69.5 Å². The van der Waals surface area contributed by atoms with Crippen LogP contribution < -0.4 is 9.47 Å². The zero-order valence-corrected chi connectivity index (χ0v) is 16.8. The van der Waals surface area contributed by atoms with Gasteiger partial charge in [0.25, 0.3) is 5.91 Å². The minimum absolute atomic E-state index is 0.0652. The zero-order chi connectivity index (χ0) is 20.4. The molecular weight excluding hydrogens is 368 g/mol. The smallest absolute Gasteiger partial charge is 0.276 e. The maximum atomic E-state index is 13.4. The Bertz CT molecular complexity index is 1020. The normalized spacial score (nSPS) is 16.1. The molecule has 0 saturated carbocycles. The average molecular weight is 392 g/mol. The number of rotatable bonds is 5. The van der Waals surface area contributed by atoms with Crippen molar-refractivity contribution in [1.29, 1.82) is 0 Å². The van der Waals surface area contributed by atoms with Gasteiger partial charge in [0.15, 0.2) is 5.69 Å². The Hall–Kier alpha value is -3.35. The largest absolute Gasteiger partial charge is 0.497 e. The SMILES string of the molecule is COc1ccc(C2CCCN2C(=O)c2nn(-c3ccccc3)nc2C)c(OC)c1. The molecule has 1 fully saturated rings. The van der Waals surface area contributed by atoms with Crippen LogP contribution in [0.4, 0.5) is 0 Å². The number of likely N-dealkylation sites (tertiary alicyclic amines) is 1. The molecule has 1 saturated heterocycles.